The van der Waals surface area contributed by atoms with Crippen molar-refractivity contribution in [2.45, 2.75) is 52.6 Å². The molecule has 5 nitrogen and oxygen atoms in total. The van der Waals surface area contributed by atoms with Gasteiger partial charge in [0.05, 0.1) is 27.6 Å². The van der Waals surface area contributed by atoms with E-state index in [9.17, 15) is 9.18 Å². The molecule has 0 spiro atoms. The number of carbonyl (C=O) groups is 1. The number of nitrogens with zero attached hydrogens (tertiary/aromatic N) is 3. The summed E-state index contributed by atoms with van der Waals surface area (Å²) >= 11 is 5.98. The van der Waals surface area contributed by atoms with Gasteiger partial charge in [-0.25, -0.2) is 9.37 Å². The first-order valence-electron chi connectivity index (χ1n) is 9.70. The van der Waals surface area contributed by atoms with E-state index in [-0.39, 0.29) is 16.5 Å². The average Bonchev–Trinajstić information content (AvgIpc) is 3.12. The Morgan fingerprint density at radius 3 is 2.30 bits per heavy atom. The number of amides is 1. The Labute approximate surface area is 181 Å². The van der Waals surface area contributed by atoms with Crippen molar-refractivity contribution in [2.75, 3.05) is 0 Å². The van der Waals surface area contributed by atoms with Crippen molar-refractivity contribution in [1.29, 1.82) is 0 Å². The fourth-order valence-electron chi connectivity index (χ4n) is 3.04. The highest BCUT2D eigenvalue weighted by molar-refractivity contribution is 6.31. The van der Waals surface area contributed by atoms with Gasteiger partial charge >= 0.3 is 0 Å². The summed E-state index contributed by atoms with van der Waals surface area (Å²) in [7, 11) is 0. The molecule has 0 aliphatic heterocycles. The number of nitrogens with one attached hydrogen (secondary N) is 1. The zero-order valence-electron chi connectivity index (χ0n) is 18.0. The normalized spacial score (nSPS) is 12.1. The molecule has 2 heterocycles. The second kappa shape index (κ2) is 7.84. The molecule has 1 amide bonds. The van der Waals surface area contributed by atoms with Crippen LogP contribution in [0.1, 0.15) is 51.9 Å². The summed E-state index contributed by atoms with van der Waals surface area (Å²) in [4.78, 5) is 17.7. The van der Waals surface area contributed by atoms with Crippen molar-refractivity contribution >= 4 is 17.5 Å². The third-order valence-electron chi connectivity index (χ3n) is 4.33. The lowest BCUT2D eigenvalue weighted by atomic mass is 10.0. The Kier molecular flexibility index (Phi) is 5.74. The van der Waals surface area contributed by atoms with Crippen LogP contribution in [-0.4, -0.2) is 26.2 Å². The molecule has 0 aliphatic carbocycles. The fraction of sp³-hybridized carbons (Fsp3) is 0.348. The molecule has 158 valence electrons. The monoisotopic (exact) mass is 428 g/mol. The number of carbonyl (C=O) groups excluding carboxylic acids is 1. The minimum absolute atomic E-state index is 0.000120. The molecule has 0 saturated carbocycles. The molecule has 1 aromatic carbocycles. The van der Waals surface area contributed by atoms with Gasteiger partial charge in [-0.05, 0) is 77.9 Å². The highest BCUT2D eigenvalue weighted by Gasteiger charge is 2.22. The fourth-order valence-corrected chi connectivity index (χ4v) is 3.22. The predicted octanol–water partition coefficient (Wildman–Crippen LogP) is 5.69. The van der Waals surface area contributed by atoms with E-state index in [0.29, 0.717) is 22.5 Å². The van der Waals surface area contributed by atoms with Crippen molar-refractivity contribution < 1.29 is 9.18 Å². The first-order chi connectivity index (χ1) is 13.8. The molecule has 0 atom stereocenters. The van der Waals surface area contributed by atoms with Gasteiger partial charge in [0, 0.05) is 22.9 Å². The van der Waals surface area contributed by atoms with E-state index in [0.717, 1.165) is 5.69 Å². The summed E-state index contributed by atoms with van der Waals surface area (Å²) in [6.45, 7) is 11.9. The number of rotatable bonds is 3. The summed E-state index contributed by atoms with van der Waals surface area (Å²) in [5.41, 5.74) is 2.30. The Hall–Kier alpha value is -2.73. The van der Waals surface area contributed by atoms with E-state index in [1.165, 1.54) is 12.1 Å². The van der Waals surface area contributed by atoms with E-state index in [1.807, 2.05) is 52.3 Å². The third kappa shape index (κ3) is 4.87. The number of halogens is 2. The maximum absolute atomic E-state index is 13.7. The number of benzene rings is 1. The van der Waals surface area contributed by atoms with Gasteiger partial charge in [0.15, 0.2) is 0 Å². The van der Waals surface area contributed by atoms with Crippen LogP contribution in [0.2, 0.25) is 5.02 Å². The van der Waals surface area contributed by atoms with Gasteiger partial charge in [0.1, 0.15) is 5.82 Å². The molecule has 0 bridgehead atoms. The zero-order valence-corrected chi connectivity index (χ0v) is 18.8. The summed E-state index contributed by atoms with van der Waals surface area (Å²) < 4.78 is 15.5. The lowest BCUT2D eigenvalue weighted by Crippen LogP contribution is -2.40. The van der Waals surface area contributed by atoms with Gasteiger partial charge in [-0.1, -0.05) is 11.6 Å². The number of hydrogen-bond acceptors (Lipinski definition) is 3. The molecule has 7 heteroatoms. The third-order valence-corrected chi connectivity index (χ3v) is 4.62. The van der Waals surface area contributed by atoms with E-state index in [1.54, 1.807) is 24.4 Å². The Morgan fingerprint density at radius 2 is 1.70 bits per heavy atom. The second-order valence-corrected chi connectivity index (χ2v) is 9.67. The maximum atomic E-state index is 13.7. The zero-order chi connectivity index (χ0) is 22.3. The van der Waals surface area contributed by atoms with Crippen LogP contribution in [0.4, 0.5) is 4.39 Å². The molecule has 0 unspecified atom stereocenters. The van der Waals surface area contributed by atoms with Crippen LogP contribution in [0, 0.1) is 5.82 Å². The van der Waals surface area contributed by atoms with Crippen molar-refractivity contribution in [2.24, 2.45) is 0 Å². The summed E-state index contributed by atoms with van der Waals surface area (Å²) in [5.74, 6) is -0.726. The molecule has 0 saturated heterocycles. The Morgan fingerprint density at radius 1 is 1.03 bits per heavy atom. The summed E-state index contributed by atoms with van der Waals surface area (Å²) in [5, 5.41) is 7.41. The smallest absolute Gasteiger partial charge is 0.251 e. The van der Waals surface area contributed by atoms with Crippen LogP contribution in [-0.2, 0) is 5.54 Å². The minimum Gasteiger partial charge on any atom is -0.347 e. The van der Waals surface area contributed by atoms with Gasteiger partial charge < -0.3 is 5.32 Å². The minimum atomic E-state index is -0.506. The van der Waals surface area contributed by atoms with Gasteiger partial charge in [0.2, 0.25) is 0 Å². The van der Waals surface area contributed by atoms with E-state index in [4.69, 9.17) is 16.6 Å². The summed E-state index contributed by atoms with van der Waals surface area (Å²) in [6, 6.07) is 9.69. The molecule has 2 aromatic heterocycles. The number of hydrogen-bond donors (Lipinski definition) is 1. The highest BCUT2D eigenvalue weighted by Crippen LogP contribution is 2.29. The van der Waals surface area contributed by atoms with Crippen molar-refractivity contribution in [3.63, 3.8) is 0 Å². The topological polar surface area (TPSA) is 59.8 Å². The SMILES string of the molecule is CC(C)(C)NC(=O)c1cc(-c2ccc(F)c(Cl)c2)nc(-c2ccnn2C(C)(C)C)c1. The molecule has 0 radical (unpaired) electrons. The van der Waals surface area contributed by atoms with Gasteiger partial charge in [-0.15, -0.1) is 0 Å². The lowest BCUT2D eigenvalue weighted by Gasteiger charge is -2.23. The lowest BCUT2D eigenvalue weighted by molar-refractivity contribution is 0.0919. The molecule has 0 aliphatic rings. The Balaban J connectivity index is 2.20. The van der Waals surface area contributed by atoms with Crippen LogP contribution in [0.3, 0.4) is 0 Å². The van der Waals surface area contributed by atoms with E-state index >= 15 is 0 Å². The standard InChI is InChI=1S/C23H26ClFN4O/c1-22(2,3)28-21(30)15-12-18(14-7-8-17(25)16(24)11-14)27-19(13-15)20-9-10-26-29(20)23(4,5)6/h7-13H,1-6H3,(H,28,30). The van der Waals surface area contributed by atoms with Crippen LogP contribution >= 0.6 is 11.6 Å². The number of pyridine rings is 1. The first kappa shape index (κ1) is 22.0. The van der Waals surface area contributed by atoms with Crippen LogP contribution in [0.25, 0.3) is 22.6 Å². The van der Waals surface area contributed by atoms with Crippen LogP contribution in [0.15, 0.2) is 42.6 Å². The molecule has 1 N–H and O–H groups in total. The molecule has 0 fully saturated rings. The molecular weight excluding hydrogens is 403 g/mol. The van der Waals surface area contributed by atoms with Gasteiger partial charge in [0.25, 0.3) is 5.91 Å². The van der Waals surface area contributed by atoms with Crippen molar-refractivity contribution in [1.82, 2.24) is 20.1 Å². The largest absolute Gasteiger partial charge is 0.347 e. The molecule has 3 rings (SSSR count). The highest BCUT2D eigenvalue weighted by atomic mass is 35.5. The summed E-state index contributed by atoms with van der Waals surface area (Å²) in [6.07, 6.45) is 1.71. The van der Waals surface area contributed by atoms with Crippen LogP contribution in [0.5, 0.6) is 0 Å². The van der Waals surface area contributed by atoms with Crippen LogP contribution < -0.4 is 5.32 Å². The average molecular weight is 429 g/mol. The van der Waals surface area contributed by atoms with E-state index < -0.39 is 11.4 Å². The maximum Gasteiger partial charge on any atom is 0.251 e. The second-order valence-electron chi connectivity index (χ2n) is 9.26. The Bertz CT molecular complexity index is 1090. The van der Waals surface area contributed by atoms with Crippen molar-refractivity contribution in [3.8, 4) is 22.6 Å². The van der Waals surface area contributed by atoms with Gasteiger partial charge in [-0.2, -0.15) is 5.10 Å². The number of aromatic nitrogens is 3. The quantitative estimate of drug-likeness (QED) is 0.583. The van der Waals surface area contributed by atoms with Gasteiger partial charge in [-0.3, -0.25) is 9.48 Å². The molecule has 30 heavy (non-hydrogen) atoms. The molecular formula is C23H26ClFN4O. The first-order valence-corrected chi connectivity index (χ1v) is 10.1. The van der Waals surface area contributed by atoms with Crippen molar-refractivity contribution in [3.05, 3.63) is 59.0 Å². The van der Waals surface area contributed by atoms with E-state index in [2.05, 4.69) is 10.4 Å². The predicted molar refractivity (Wildman–Crippen MR) is 118 cm³/mol. The molecule has 3 aromatic rings.